The van der Waals surface area contributed by atoms with E-state index in [0.29, 0.717) is 11.8 Å². The number of benzene rings is 1. The first-order valence-corrected chi connectivity index (χ1v) is 5.56. The smallest absolute Gasteiger partial charge is 0.115 e. The molecule has 0 saturated carbocycles. The molecule has 0 bridgehead atoms. The summed E-state index contributed by atoms with van der Waals surface area (Å²) in [5.74, 6) is 0.341. The van der Waals surface area contributed by atoms with Crippen molar-refractivity contribution >= 4 is 0 Å². The van der Waals surface area contributed by atoms with Crippen LogP contribution in [0.4, 0.5) is 0 Å². The Hall–Kier alpha value is -1.06. The summed E-state index contributed by atoms with van der Waals surface area (Å²) >= 11 is 0. The van der Waals surface area contributed by atoms with Gasteiger partial charge in [0.1, 0.15) is 5.75 Å². The highest BCUT2D eigenvalue weighted by atomic mass is 16.3. The standard InChI is InChI=1S/C12H18N2O/c15-12-5-1-3-10(7-12)8-13-9-11-4-2-6-14-11/h1,3,5,7,11,13-15H,2,4,6,8-9H2. The highest BCUT2D eigenvalue weighted by Crippen LogP contribution is 2.10. The van der Waals surface area contributed by atoms with Gasteiger partial charge in [0.05, 0.1) is 0 Å². The SMILES string of the molecule is Oc1cccc(CNCC2CCCN2)c1. The molecule has 2 rings (SSSR count). The summed E-state index contributed by atoms with van der Waals surface area (Å²) in [5.41, 5.74) is 1.13. The van der Waals surface area contributed by atoms with E-state index in [4.69, 9.17) is 0 Å². The quantitative estimate of drug-likeness (QED) is 0.694. The van der Waals surface area contributed by atoms with Crippen molar-refractivity contribution in [1.29, 1.82) is 0 Å². The van der Waals surface area contributed by atoms with Crippen molar-refractivity contribution in [3.8, 4) is 5.75 Å². The molecule has 0 aliphatic carbocycles. The minimum Gasteiger partial charge on any atom is -0.508 e. The summed E-state index contributed by atoms with van der Waals surface area (Å²) in [4.78, 5) is 0. The molecule has 1 aliphatic heterocycles. The van der Waals surface area contributed by atoms with Crippen LogP contribution in [-0.2, 0) is 6.54 Å². The first kappa shape index (κ1) is 10.5. The van der Waals surface area contributed by atoms with Crippen LogP contribution in [0.3, 0.4) is 0 Å². The molecule has 0 amide bonds. The van der Waals surface area contributed by atoms with Crippen molar-refractivity contribution in [3.05, 3.63) is 29.8 Å². The molecule has 1 heterocycles. The zero-order valence-corrected chi connectivity index (χ0v) is 8.87. The van der Waals surface area contributed by atoms with E-state index in [-0.39, 0.29) is 0 Å². The van der Waals surface area contributed by atoms with Gasteiger partial charge in [-0.3, -0.25) is 0 Å². The second kappa shape index (κ2) is 5.14. The van der Waals surface area contributed by atoms with Gasteiger partial charge in [0.15, 0.2) is 0 Å². The Morgan fingerprint density at radius 2 is 2.40 bits per heavy atom. The number of aromatic hydroxyl groups is 1. The molecule has 15 heavy (non-hydrogen) atoms. The molecule has 3 heteroatoms. The van der Waals surface area contributed by atoms with Crippen LogP contribution in [0.1, 0.15) is 18.4 Å². The number of phenolic OH excluding ortho intramolecular Hbond substituents is 1. The van der Waals surface area contributed by atoms with Gasteiger partial charge < -0.3 is 15.7 Å². The van der Waals surface area contributed by atoms with E-state index in [0.717, 1.165) is 25.2 Å². The first-order chi connectivity index (χ1) is 7.34. The Bertz CT molecular complexity index is 308. The predicted molar refractivity (Wildman–Crippen MR) is 60.8 cm³/mol. The fraction of sp³-hybridized carbons (Fsp3) is 0.500. The average Bonchev–Trinajstić information content (AvgIpc) is 2.71. The molecule has 1 aromatic rings. The van der Waals surface area contributed by atoms with Crippen molar-refractivity contribution in [2.45, 2.75) is 25.4 Å². The highest BCUT2D eigenvalue weighted by Gasteiger charge is 2.12. The van der Waals surface area contributed by atoms with Crippen LogP contribution in [0.2, 0.25) is 0 Å². The van der Waals surface area contributed by atoms with Crippen molar-refractivity contribution < 1.29 is 5.11 Å². The van der Waals surface area contributed by atoms with Gasteiger partial charge in [-0.2, -0.15) is 0 Å². The molecule has 1 aromatic carbocycles. The summed E-state index contributed by atoms with van der Waals surface area (Å²) in [6, 6.07) is 8.02. The molecular weight excluding hydrogens is 188 g/mol. The Morgan fingerprint density at radius 3 is 3.13 bits per heavy atom. The third-order valence-corrected chi connectivity index (χ3v) is 2.79. The van der Waals surface area contributed by atoms with Gasteiger partial charge in [0, 0.05) is 19.1 Å². The van der Waals surface area contributed by atoms with Crippen LogP contribution < -0.4 is 10.6 Å². The summed E-state index contributed by atoms with van der Waals surface area (Å²) < 4.78 is 0. The molecular formula is C12H18N2O. The molecule has 1 aliphatic rings. The zero-order valence-electron chi connectivity index (χ0n) is 8.87. The Kier molecular flexibility index (Phi) is 3.59. The number of hydrogen-bond acceptors (Lipinski definition) is 3. The van der Waals surface area contributed by atoms with E-state index in [1.165, 1.54) is 12.8 Å². The molecule has 0 spiro atoms. The largest absolute Gasteiger partial charge is 0.508 e. The average molecular weight is 206 g/mol. The second-order valence-electron chi connectivity index (χ2n) is 4.09. The molecule has 0 radical (unpaired) electrons. The second-order valence-corrected chi connectivity index (χ2v) is 4.09. The zero-order chi connectivity index (χ0) is 10.5. The van der Waals surface area contributed by atoms with Crippen molar-refractivity contribution in [3.63, 3.8) is 0 Å². The lowest BCUT2D eigenvalue weighted by molar-refractivity contribution is 0.473. The van der Waals surface area contributed by atoms with E-state index >= 15 is 0 Å². The van der Waals surface area contributed by atoms with E-state index in [9.17, 15) is 5.11 Å². The number of phenols is 1. The normalized spacial score (nSPS) is 20.7. The molecule has 1 fully saturated rings. The van der Waals surface area contributed by atoms with Gasteiger partial charge in [0.2, 0.25) is 0 Å². The van der Waals surface area contributed by atoms with E-state index in [1.54, 1.807) is 12.1 Å². The van der Waals surface area contributed by atoms with Crippen LogP contribution in [-0.4, -0.2) is 24.2 Å². The summed E-state index contributed by atoms with van der Waals surface area (Å²) in [6.07, 6.45) is 2.56. The van der Waals surface area contributed by atoms with Crippen molar-refractivity contribution in [2.24, 2.45) is 0 Å². The number of nitrogens with one attached hydrogen (secondary N) is 2. The van der Waals surface area contributed by atoms with Crippen LogP contribution in [0, 0.1) is 0 Å². The van der Waals surface area contributed by atoms with Crippen LogP contribution in [0.15, 0.2) is 24.3 Å². The lowest BCUT2D eigenvalue weighted by atomic mass is 10.2. The Balaban J connectivity index is 1.73. The molecule has 0 aromatic heterocycles. The lowest BCUT2D eigenvalue weighted by Crippen LogP contribution is -2.33. The summed E-state index contributed by atoms with van der Waals surface area (Å²) in [7, 11) is 0. The molecule has 1 saturated heterocycles. The fourth-order valence-corrected chi connectivity index (χ4v) is 1.99. The third-order valence-electron chi connectivity index (χ3n) is 2.79. The highest BCUT2D eigenvalue weighted by molar-refractivity contribution is 5.26. The van der Waals surface area contributed by atoms with Crippen LogP contribution in [0.5, 0.6) is 5.75 Å². The maximum absolute atomic E-state index is 9.28. The van der Waals surface area contributed by atoms with Gasteiger partial charge in [0.25, 0.3) is 0 Å². The Labute approximate surface area is 90.5 Å². The van der Waals surface area contributed by atoms with Gasteiger partial charge in [-0.05, 0) is 37.1 Å². The van der Waals surface area contributed by atoms with E-state index in [2.05, 4.69) is 10.6 Å². The maximum Gasteiger partial charge on any atom is 0.115 e. The summed E-state index contributed by atoms with van der Waals surface area (Å²) in [5, 5.41) is 16.1. The molecule has 3 nitrogen and oxygen atoms in total. The van der Waals surface area contributed by atoms with E-state index < -0.39 is 0 Å². The molecule has 1 atom stereocenters. The van der Waals surface area contributed by atoms with Gasteiger partial charge in [-0.1, -0.05) is 12.1 Å². The van der Waals surface area contributed by atoms with Gasteiger partial charge in [-0.25, -0.2) is 0 Å². The first-order valence-electron chi connectivity index (χ1n) is 5.56. The molecule has 82 valence electrons. The minimum atomic E-state index is 0.341. The van der Waals surface area contributed by atoms with Crippen LogP contribution in [0.25, 0.3) is 0 Å². The third kappa shape index (κ3) is 3.22. The van der Waals surface area contributed by atoms with E-state index in [1.807, 2.05) is 12.1 Å². The number of hydrogen-bond donors (Lipinski definition) is 3. The van der Waals surface area contributed by atoms with Gasteiger partial charge >= 0.3 is 0 Å². The monoisotopic (exact) mass is 206 g/mol. The Morgan fingerprint density at radius 1 is 1.47 bits per heavy atom. The fourth-order valence-electron chi connectivity index (χ4n) is 1.99. The molecule has 3 N–H and O–H groups in total. The predicted octanol–water partition coefficient (Wildman–Crippen LogP) is 1.23. The number of rotatable bonds is 4. The van der Waals surface area contributed by atoms with Gasteiger partial charge in [-0.15, -0.1) is 0 Å². The molecule has 1 unspecified atom stereocenters. The maximum atomic E-state index is 9.28. The van der Waals surface area contributed by atoms with Crippen LogP contribution >= 0.6 is 0 Å². The topological polar surface area (TPSA) is 44.3 Å². The lowest BCUT2D eigenvalue weighted by Gasteiger charge is -2.11. The van der Waals surface area contributed by atoms with Crippen molar-refractivity contribution in [1.82, 2.24) is 10.6 Å². The summed E-state index contributed by atoms with van der Waals surface area (Å²) in [6.45, 7) is 2.99. The van der Waals surface area contributed by atoms with Crippen molar-refractivity contribution in [2.75, 3.05) is 13.1 Å². The minimum absolute atomic E-state index is 0.341.